The van der Waals surface area contributed by atoms with Crippen LogP contribution in [-0.2, 0) is 0 Å². The molecule has 5 heteroatoms. The Bertz CT molecular complexity index is 731. The third-order valence-corrected chi connectivity index (χ3v) is 3.66. The number of thioether (sulfide) groups is 1. The van der Waals surface area contributed by atoms with Gasteiger partial charge in [-0.1, -0.05) is 24.3 Å². The largest absolute Gasteiger partial charge is 0.270 e. The van der Waals surface area contributed by atoms with Crippen molar-refractivity contribution in [3.8, 4) is 6.07 Å². The highest BCUT2D eigenvalue weighted by Gasteiger charge is 2.08. The molecule has 0 unspecified atom stereocenters. The molecule has 2 aromatic rings. The van der Waals surface area contributed by atoms with Crippen LogP contribution in [0.15, 0.2) is 53.4 Å². The molecule has 104 valence electrons. The van der Waals surface area contributed by atoms with Gasteiger partial charge in [0.25, 0.3) is 5.69 Å². The van der Waals surface area contributed by atoms with Gasteiger partial charge in [0.2, 0.25) is 0 Å². The van der Waals surface area contributed by atoms with E-state index in [1.807, 2.05) is 30.5 Å². The molecule has 0 bridgehead atoms. The maximum Gasteiger partial charge on any atom is 0.270 e. The highest BCUT2D eigenvalue weighted by molar-refractivity contribution is 7.98. The molecule has 0 atom stereocenters. The maximum atomic E-state index is 10.8. The van der Waals surface area contributed by atoms with Crippen LogP contribution in [-0.4, -0.2) is 11.2 Å². The highest BCUT2D eigenvalue weighted by Crippen LogP contribution is 2.23. The molecule has 0 aliphatic carbocycles. The quantitative estimate of drug-likeness (QED) is 0.276. The molecule has 4 nitrogen and oxygen atoms in total. The van der Waals surface area contributed by atoms with Gasteiger partial charge in [-0.2, -0.15) is 5.26 Å². The lowest BCUT2D eigenvalue weighted by molar-refractivity contribution is -0.384. The molecule has 0 saturated carbocycles. The predicted molar refractivity (Wildman–Crippen MR) is 84.8 cm³/mol. The number of hydrogen-bond donors (Lipinski definition) is 0. The summed E-state index contributed by atoms with van der Waals surface area (Å²) in [5.74, 6) is 0. The Balaban J connectivity index is 2.38. The van der Waals surface area contributed by atoms with Gasteiger partial charge < -0.3 is 0 Å². The van der Waals surface area contributed by atoms with E-state index in [4.69, 9.17) is 0 Å². The van der Waals surface area contributed by atoms with E-state index >= 15 is 0 Å². The first-order valence-electron chi connectivity index (χ1n) is 6.14. The predicted octanol–water partition coefficient (Wildman–Crippen LogP) is 4.38. The van der Waals surface area contributed by atoms with Gasteiger partial charge in [0.15, 0.2) is 0 Å². The van der Waals surface area contributed by atoms with Gasteiger partial charge in [-0.3, -0.25) is 10.1 Å². The lowest BCUT2D eigenvalue weighted by Gasteiger charge is -2.01. The van der Waals surface area contributed by atoms with Crippen LogP contribution in [0.5, 0.6) is 0 Å². The first-order valence-corrected chi connectivity index (χ1v) is 7.37. The number of rotatable bonds is 4. The minimum Gasteiger partial charge on any atom is -0.258 e. The number of nitrogens with zero attached hydrogens (tertiary/aromatic N) is 2. The van der Waals surface area contributed by atoms with Crippen molar-refractivity contribution in [2.75, 3.05) is 6.26 Å². The summed E-state index contributed by atoms with van der Waals surface area (Å²) in [7, 11) is 0. The molecule has 0 aromatic heterocycles. The Morgan fingerprint density at radius 3 is 2.57 bits per heavy atom. The van der Waals surface area contributed by atoms with E-state index in [-0.39, 0.29) is 5.69 Å². The van der Waals surface area contributed by atoms with Gasteiger partial charge >= 0.3 is 0 Å². The van der Waals surface area contributed by atoms with E-state index in [9.17, 15) is 15.4 Å². The number of benzene rings is 2. The minimum atomic E-state index is -0.467. The second-order valence-corrected chi connectivity index (χ2v) is 5.13. The zero-order valence-electron chi connectivity index (χ0n) is 11.3. The Morgan fingerprint density at radius 1 is 1.29 bits per heavy atom. The first kappa shape index (κ1) is 14.8. The van der Waals surface area contributed by atoms with Crippen molar-refractivity contribution < 1.29 is 4.92 Å². The minimum absolute atomic E-state index is 0.0219. The molecule has 0 aliphatic rings. The first-order chi connectivity index (χ1) is 10.1. The van der Waals surface area contributed by atoms with Crippen LogP contribution in [0.2, 0.25) is 0 Å². The van der Waals surface area contributed by atoms with E-state index in [0.717, 1.165) is 10.5 Å². The number of nitro groups is 1. The van der Waals surface area contributed by atoms with Crippen molar-refractivity contribution in [2.45, 2.75) is 4.90 Å². The number of allylic oxidation sites excluding steroid dienone is 1. The molecule has 21 heavy (non-hydrogen) atoms. The fraction of sp³-hybridized carbons (Fsp3) is 0.0625. The summed E-state index contributed by atoms with van der Waals surface area (Å²) in [6, 6.07) is 16.0. The number of hydrogen-bond acceptors (Lipinski definition) is 4. The highest BCUT2D eigenvalue weighted by atomic mass is 32.2. The van der Waals surface area contributed by atoms with Crippen LogP contribution in [0.4, 0.5) is 5.69 Å². The van der Waals surface area contributed by atoms with Crippen LogP contribution < -0.4 is 0 Å². The molecule has 0 aliphatic heterocycles. The smallest absolute Gasteiger partial charge is 0.258 e. The van der Waals surface area contributed by atoms with Crippen molar-refractivity contribution in [1.82, 2.24) is 0 Å². The van der Waals surface area contributed by atoms with E-state index in [2.05, 4.69) is 6.07 Å². The summed E-state index contributed by atoms with van der Waals surface area (Å²) in [6.45, 7) is 0. The fourth-order valence-electron chi connectivity index (χ4n) is 1.83. The molecule has 0 heterocycles. The Kier molecular flexibility index (Phi) is 4.75. The second-order valence-electron chi connectivity index (χ2n) is 4.25. The van der Waals surface area contributed by atoms with Crippen LogP contribution in [0, 0.1) is 21.4 Å². The molecule has 0 N–H and O–H groups in total. The zero-order valence-corrected chi connectivity index (χ0v) is 12.1. The van der Waals surface area contributed by atoms with Crippen molar-refractivity contribution in [3.05, 3.63) is 69.8 Å². The van der Waals surface area contributed by atoms with Gasteiger partial charge in [-0.05, 0) is 35.6 Å². The van der Waals surface area contributed by atoms with E-state index < -0.39 is 4.92 Å². The van der Waals surface area contributed by atoms with Gasteiger partial charge in [-0.15, -0.1) is 11.8 Å². The van der Waals surface area contributed by atoms with Gasteiger partial charge in [0.05, 0.1) is 16.6 Å². The van der Waals surface area contributed by atoms with Crippen molar-refractivity contribution in [2.24, 2.45) is 0 Å². The molecule has 0 saturated heterocycles. The van der Waals surface area contributed by atoms with E-state index in [1.54, 1.807) is 30.0 Å². The van der Waals surface area contributed by atoms with E-state index in [0.29, 0.717) is 11.1 Å². The standard InChI is InChI=1S/C16H12N2O2S/c1-21-16-7-5-12(6-8-16)9-14(11-17)13-3-2-4-15(10-13)18(19)20/h2-10H,1H3/b14-9-. The second kappa shape index (κ2) is 6.73. The monoisotopic (exact) mass is 296 g/mol. The molecular weight excluding hydrogens is 284 g/mol. The normalized spacial score (nSPS) is 11.0. The molecule has 2 aromatic carbocycles. The van der Waals surface area contributed by atoms with Gasteiger partial charge in [-0.25, -0.2) is 0 Å². The Hall–Kier alpha value is -2.58. The lowest BCUT2D eigenvalue weighted by atomic mass is 10.0. The third-order valence-electron chi connectivity index (χ3n) is 2.92. The summed E-state index contributed by atoms with van der Waals surface area (Å²) in [4.78, 5) is 11.5. The van der Waals surface area contributed by atoms with Crippen molar-refractivity contribution in [1.29, 1.82) is 5.26 Å². The zero-order chi connectivity index (χ0) is 15.2. The van der Waals surface area contributed by atoms with Crippen molar-refractivity contribution in [3.63, 3.8) is 0 Å². The van der Waals surface area contributed by atoms with E-state index in [1.165, 1.54) is 12.1 Å². The number of non-ortho nitro benzene ring substituents is 1. The van der Waals surface area contributed by atoms with Gasteiger partial charge in [0, 0.05) is 17.0 Å². The average molecular weight is 296 g/mol. The Labute approximate surface area is 126 Å². The summed E-state index contributed by atoms with van der Waals surface area (Å²) < 4.78 is 0. The van der Waals surface area contributed by atoms with Crippen molar-refractivity contribution >= 4 is 29.1 Å². The molecule has 0 spiro atoms. The topological polar surface area (TPSA) is 66.9 Å². The molecule has 2 rings (SSSR count). The SMILES string of the molecule is CSc1ccc(/C=C(/C#N)c2cccc([N+](=O)[O-])c2)cc1. The van der Waals surface area contributed by atoms with Crippen LogP contribution >= 0.6 is 11.8 Å². The average Bonchev–Trinajstić information content (AvgIpc) is 2.53. The molecular formula is C16H12N2O2S. The summed E-state index contributed by atoms with van der Waals surface area (Å²) >= 11 is 1.64. The molecule has 0 radical (unpaired) electrons. The lowest BCUT2D eigenvalue weighted by Crippen LogP contribution is -1.89. The van der Waals surface area contributed by atoms with Crippen LogP contribution in [0.3, 0.4) is 0 Å². The fourth-order valence-corrected chi connectivity index (χ4v) is 2.24. The maximum absolute atomic E-state index is 10.8. The Morgan fingerprint density at radius 2 is 2.00 bits per heavy atom. The molecule has 0 amide bonds. The summed E-state index contributed by atoms with van der Waals surface area (Å²) in [5, 5.41) is 20.1. The number of nitriles is 1. The number of nitro benzene ring substituents is 1. The summed E-state index contributed by atoms with van der Waals surface area (Å²) in [6.07, 6.45) is 3.72. The van der Waals surface area contributed by atoms with Crippen LogP contribution in [0.1, 0.15) is 11.1 Å². The van der Waals surface area contributed by atoms with Gasteiger partial charge in [0.1, 0.15) is 0 Å². The van der Waals surface area contributed by atoms with Crippen LogP contribution in [0.25, 0.3) is 11.6 Å². The third kappa shape index (κ3) is 3.71. The summed E-state index contributed by atoms with van der Waals surface area (Å²) in [5.41, 5.74) is 1.80. The molecule has 0 fully saturated rings.